The Balaban J connectivity index is 1.16. The van der Waals surface area contributed by atoms with Crippen LogP contribution in [0.4, 0.5) is 0 Å². The van der Waals surface area contributed by atoms with Gasteiger partial charge in [-0.15, -0.1) is 11.3 Å². The zero-order chi connectivity index (χ0) is 23.3. The second-order valence-electron chi connectivity index (χ2n) is 9.43. The number of fused-ring (bicyclic) bond motifs is 1. The maximum absolute atomic E-state index is 13.0. The molecule has 0 aliphatic carbocycles. The average molecular weight is 479 g/mol. The predicted molar refractivity (Wildman–Crippen MR) is 137 cm³/mol. The van der Waals surface area contributed by atoms with Gasteiger partial charge in [-0.05, 0) is 50.6 Å². The van der Waals surface area contributed by atoms with Crippen molar-refractivity contribution < 1.29 is 9.53 Å². The molecule has 180 valence electrons. The minimum atomic E-state index is 0.0216. The zero-order valence-corrected chi connectivity index (χ0v) is 20.7. The van der Waals surface area contributed by atoms with Crippen LogP contribution in [-0.2, 0) is 9.53 Å². The first-order chi connectivity index (χ1) is 16.7. The van der Waals surface area contributed by atoms with E-state index < -0.39 is 0 Å². The molecule has 2 unspecified atom stereocenters. The molecule has 0 saturated carbocycles. The summed E-state index contributed by atoms with van der Waals surface area (Å²) in [5.41, 5.74) is 2.35. The molecule has 34 heavy (non-hydrogen) atoms. The van der Waals surface area contributed by atoms with Gasteiger partial charge < -0.3 is 10.1 Å². The molecule has 2 saturated heterocycles. The zero-order valence-electron chi connectivity index (χ0n) is 19.9. The van der Waals surface area contributed by atoms with Crippen LogP contribution >= 0.6 is 11.3 Å². The quantitative estimate of drug-likeness (QED) is 0.555. The lowest BCUT2D eigenvalue weighted by Gasteiger charge is -2.38. The summed E-state index contributed by atoms with van der Waals surface area (Å²) in [5.74, 6) is 0.611. The van der Waals surface area contributed by atoms with Crippen LogP contribution in [0, 0.1) is 0 Å². The van der Waals surface area contributed by atoms with E-state index in [2.05, 4.69) is 70.6 Å². The fraction of sp³-hybridized carbons (Fsp3) is 0.481. The van der Waals surface area contributed by atoms with Crippen molar-refractivity contribution in [3.8, 4) is 0 Å². The normalized spacial score (nSPS) is 20.3. The van der Waals surface area contributed by atoms with Gasteiger partial charge in [-0.25, -0.2) is 4.98 Å². The van der Waals surface area contributed by atoms with E-state index in [1.54, 1.807) is 0 Å². The number of piperidine rings is 1. The smallest absolute Gasteiger partial charge is 0.234 e. The lowest BCUT2D eigenvalue weighted by Crippen LogP contribution is -2.50. The lowest BCUT2D eigenvalue weighted by molar-refractivity contribution is -0.123. The molecule has 7 heteroatoms. The number of para-hydroxylation sites is 1. The van der Waals surface area contributed by atoms with E-state index in [-0.39, 0.29) is 18.0 Å². The standard InChI is InChI=1S/C27H34N4O2S/c1-20(26(21-7-3-2-4-8-21)31-15-17-33-18-16-31)28-25(32)19-30-13-11-22(12-14-30)27-29-23-9-5-6-10-24(23)34-27/h2-10,20,22,26H,11-19H2,1H3,(H,28,32). The van der Waals surface area contributed by atoms with E-state index in [9.17, 15) is 4.79 Å². The summed E-state index contributed by atoms with van der Waals surface area (Å²) < 4.78 is 6.83. The Kier molecular flexibility index (Phi) is 7.54. The molecule has 2 aliphatic rings. The van der Waals surface area contributed by atoms with Crippen molar-refractivity contribution >= 4 is 27.5 Å². The van der Waals surface area contributed by atoms with Crippen LogP contribution in [0.3, 0.4) is 0 Å². The van der Waals surface area contributed by atoms with Crippen LogP contribution in [0.15, 0.2) is 54.6 Å². The summed E-state index contributed by atoms with van der Waals surface area (Å²) in [7, 11) is 0. The van der Waals surface area contributed by atoms with E-state index in [0.717, 1.165) is 57.8 Å². The fourth-order valence-electron chi connectivity index (χ4n) is 5.31. The van der Waals surface area contributed by atoms with Gasteiger partial charge in [0.1, 0.15) is 0 Å². The predicted octanol–water partition coefficient (Wildman–Crippen LogP) is 4.05. The van der Waals surface area contributed by atoms with Gasteiger partial charge in [0.15, 0.2) is 0 Å². The highest BCUT2D eigenvalue weighted by atomic mass is 32.1. The Morgan fingerprint density at radius 3 is 2.50 bits per heavy atom. The number of ether oxygens (including phenoxy) is 1. The van der Waals surface area contributed by atoms with E-state index in [1.165, 1.54) is 15.3 Å². The van der Waals surface area contributed by atoms with Gasteiger partial charge in [0, 0.05) is 25.0 Å². The van der Waals surface area contributed by atoms with Crippen LogP contribution in [0.5, 0.6) is 0 Å². The van der Waals surface area contributed by atoms with Crippen LogP contribution in [-0.4, -0.2) is 72.7 Å². The number of nitrogens with one attached hydrogen (secondary N) is 1. The molecular formula is C27H34N4O2S. The van der Waals surface area contributed by atoms with Gasteiger partial charge in [-0.2, -0.15) is 0 Å². The Morgan fingerprint density at radius 2 is 1.76 bits per heavy atom. The Hall–Kier alpha value is -2.32. The minimum Gasteiger partial charge on any atom is -0.379 e. The van der Waals surface area contributed by atoms with Crippen molar-refractivity contribution in [3.63, 3.8) is 0 Å². The Bertz CT molecular complexity index is 1040. The third kappa shape index (κ3) is 5.49. The van der Waals surface area contributed by atoms with Crippen molar-refractivity contribution in [2.24, 2.45) is 0 Å². The van der Waals surface area contributed by atoms with Crippen molar-refractivity contribution in [2.75, 3.05) is 45.9 Å². The third-order valence-corrected chi connectivity index (χ3v) is 8.26. The molecule has 3 aromatic rings. The summed E-state index contributed by atoms with van der Waals surface area (Å²) in [5, 5.41) is 4.56. The van der Waals surface area contributed by atoms with Gasteiger partial charge in [0.05, 0.1) is 41.0 Å². The number of nitrogens with zero attached hydrogens (tertiary/aromatic N) is 3. The molecule has 2 atom stereocenters. The number of morpholine rings is 1. The second-order valence-corrected chi connectivity index (χ2v) is 10.5. The van der Waals surface area contributed by atoms with Gasteiger partial charge in [0.2, 0.25) is 5.91 Å². The minimum absolute atomic E-state index is 0.0216. The molecule has 1 amide bonds. The van der Waals surface area contributed by atoms with Crippen molar-refractivity contribution in [1.82, 2.24) is 20.1 Å². The van der Waals surface area contributed by atoms with E-state index in [4.69, 9.17) is 9.72 Å². The number of hydrogen-bond donors (Lipinski definition) is 1. The highest BCUT2D eigenvalue weighted by Crippen LogP contribution is 2.33. The SMILES string of the molecule is CC(NC(=O)CN1CCC(c2nc3ccccc3s2)CC1)C(c1ccccc1)N1CCOCC1. The van der Waals surface area contributed by atoms with E-state index in [1.807, 2.05) is 17.4 Å². The molecule has 0 bridgehead atoms. The van der Waals surface area contributed by atoms with Crippen molar-refractivity contribution in [3.05, 3.63) is 65.2 Å². The van der Waals surface area contributed by atoms with Crippen LogP contribution < -0.4 is 5.32 Å². The van der Waals surface area contributed by atoms with Crippen molar-refractivity contribution in [1.29, 1.82) is 0 Å². The maximum atomic E-state index is 13.0. The van der Waals surface area contributed by atoms with Crippen LogP contribution in [0.25, 0.3) is 10.2 Å². The number of thiazole rings is 1. The molecule has 3 heterocycles. The van der Waals surface area contributed by atoms with Crippen molar-refractivity contribution in [2.45, 2.75) is 37.8 Å². The number of carbonyl (C=O) groups is 1. The highest BCUT2D eigenvalue weighted by molar-refractivity contribution is 7.18. The molecule has 0 spiro atoms. The third-order valence-electron chi connectivity index (χ3n) is 7.06. The molecular weight excluding hydrogens is 444 g/mol. The molecule has 1 aromatic heterocycles. The summed E-state index contributed by atoms with van der Waals surface area (Å²) in [6.07, 6.45) is 2.12. The van der Waals surface area contributed by atoms with E-state index in [0.29, 0.717) is 12.5 Å². The number of aromatic nitrogens is 1. The molecule has 1 N–H and O–H groups in total. The number of amides is 1. The first-order valence-electron chi connectivity index (χ1n) is 12.4. The summed E-state index contributed by atoms with van der Waals surface area (Å²) >= 11 is 1.82. The highest BCUT2D eigenvalue weighted by Gasteiger charge is 2.30. The summed E-state index contributed by atoms with van der Waals surface area (Å²) in [6, 6.07) is 19.1. The first kappa shape index (κ1) is 23.4. The van der Waals surface area contributed by atoms with Gasteiger partial charge in [0.25, 0.3) is 0 Å². The second kappa shape index (κ2) is 11.0. The number of hydrogen-bond acceptors (Lipinski definition) is 6. The first-order valence-corrected chi connectivity index (χ1v) is 13.2. The largest absolute Gasteiger partial charge is 0.379 e. The molecule has 5 rings (SSSR count). The van der Waals surface area contributed by atoms with Gasteiger partial charge >= 0.3 is 0 Å². The maximum Gasteiger partial charge on any atom is 0.234 e. The molecule has 6 nitrogen and oxygen atoms in total. The average Bonchev–Trinajstić information content (AvgIpc) is 3.30. The Labute approximate surface area is 205 Å². The molecule has 2 aromatic carbocycles. The Morgan fingerprint density at radius 1 is 1.06 bits per heavy atom. The molecule has 2 aliphatic heterocycles. The lowest BCUT2D eigenvalue weighted by atomic mass is 9.97. The van der Waals surface area contributed by atoms with Gasteiger partial charge in [-0.1, -0.05) is 42.5 Å². The van der Waals surface area contributed by atoms with E-state index >= 15 is 0 Å². The molecule has 2 fully saturated rings. The number of carbonyl (C=O) groups excluding carboxylic acids is 1. The summed E-state index contributed by atoms with van der Waals surface area (Å²) in [6.45, 7) is 7.73. The van der Waals surface area contributed by atoms with Crippen LogP contribution in [0.2, 0.25) is 0 Å². The van der Waals surface area contributed by atoms with Gasteiger partial charge in [-0.3, -0.25) is 14.6 Å². The van der Waals surface area contributed by atoms with Crippen LogP contribution in [0.1, 0.15) is 42.3 Å². The number of rotatable bonds is 7. The number of benzene rings is 2. The summed E-state index contributed by atoms with van der Waals surface area (Å²) in [4.78, 5) is 22.6. The monoisotopic (exact) mass is 478 g/mol. The molecule has 0 radical (unpaired) electrons. The number of likely N-dealkylation sites (tertiary alicyclic amines) is 1. The fourth-order valence-corrected chi connectivity index (χ4v) is 6.44. The topological polar surface area (TPSA) is 57.7 Å².